The van der Waals surface area contributed by atoms with Crippen molar-refractivity contribution < 1.29 is 4.79 Å². The van der Waals surface area contributed by atoms with Crippen LogP contribution in [-0.4, -0.2) is 63.6 Å². The van der Waals surface area contributed by atoms with Gasteiger partial charge < -0.3 is 9.80 Å². The maximum Gasteiger partial charge on any atom is 0.222 e. The van der Waals surface area contributed by atoms with Gasteiger partial charge in [0, 0.05) is 25.4 Å². The molecule has 1 N–H and O–H groups in total. The monoisotopic (exact) mass is 305 g/mol. The molecule has 0 atom stereocenters. The fourth-order valence-electron chi connectivity index (χ4n) is 3.61. The summed E-state index contributed by atoms with van der Waals surface area (Å²) in [5.74, 6) is 1.73. The van der Waals surface area contributed by atoms with Crippen molar-refractivity contribution in [3.05, 3.63) is 12.2 Å². The van der Waals surface area contributed by atoms with Crippen molar-refractivity contribution in [2.45, 2.75) is 50.9 Å². The fraction of sp³-hybridized carbons (Fsp3) is 0.812. The van der Waals surface area contributed by atoms with Crippen molar-refractivity contribution in [1.29, 1.82) is 0 Å². The molecular weight excluding hydrogens is 278 g/mol. The van der Waals surface area contributed by atoms with Gasteiger partial charge in [-0.15, -0.1) is 0 Å². The zero-order valence-electron chi connectivity index (χ0n) is 13.3. The van der Waals surface area contributed by atoms with Gasteiger partial charge in [0.15, 0.2) is 0 Å². The third-order valence-corrected chi connectivity index (χ3v) is 4.98. The molecule has 2 aliphatic rings. The number of hydrogen-bond acceptors (Lipinski definition) is 4. The molecule has 0 unspecified atom stereocenters. The van der Waals surface area contributed by atoms with E-state index in [2.05, 4.69) is 20.1 Å². The Labute approximate surface area is 132 Å². The van der Waals surface area contributed by atoms with E-state index in [1.165, 1.54) is 32.4 Å². The van der Waals surface area contributed by atoms with Crippen LogP contribution >= 0.6 is 0 Å². The number of nitrogens with zero attached hydrogens (tertiary/aromatic N) is 4. The minimum absolute atomic E-state index is 0.327. The number of rotatable bonds is 5. The second-order valence-electron chi connectivity index (χ2n) is 6.53. The maximum atomic E-state index is 12.3. The van der Waals surface area contributed by atoms with Gasteiger partial charge in [0.05, 0.1) is 0 Å². The highest BCUT2D eigenvalue weighted by Gasteiger charge is 2.25. The van der Waals surface area contributed by atoms with Crippen molar-refractivity contribution in [1.82, 2.24) is 25.0 Å². The second-order valence-corrected chi connectivity index (χ2v) is 6.53. The van der Waals surface area contributed by atoms with Crippen LogP contribution in [0.5, 0.6) is 0 Å². The van der Waals surface area contributed by atoms with Crippen LogP contribution in [0, 0.1) is 0 Å². The molecule has 3 heterocycles. The van der Waals surface area contributed by atoms with Crippen LogP contribution in [0.1, 0.15) is 56.7 Å². The highest BCUT2D eigenvalue weighted by Crippen LogP contribution is 2.25. The van der Waals surface area contributed by atoms with Crippen LogP contribution < -0.4 is 0 Å². The summed E-state index contributed by atoms with van der Waals surface area (Å²) >= 11 is 0. The van der Waals surface area contributed by atoms with Crippen LogP contribution in [-0.2, 0) is 4.79 Å². The van der Waals surface area contributed by atoms with Gasteiger partial charge in [0.1, 0.15) is 12.2 Å². The number of piperidine rings is 2. The molecule has 0 aliphatic carbocycles. The van der Waals surface area contributed by atoms with E-state index >= 15 is 0 Å². The van der Waals surface area contributed by atoms with Crippen LogP contribution in [0.4, 0.5) is 0 Å². The summed E-state index contributed by atoms with van der Waals surface area (Å²) in [7, 11) is 0. The van der Waals surface area contributed by atoms with Crippen LogP contribution in [0.3, 0.4) is 0 Å². The lowest BCUT2D eigenvalue weighted by Crippen LogP contribution is -2.38. The first kappa shape index (κ1) is 15.5. The minimum atomic E-state index is 0.327. The fourth-order valence-corrected chi connectivity index (χ4v) is 3.61. The summed E-state index contributed by atoms with van der Waals surface area (Å²) in [4.78, 5) is 21.1. The van der Waals surface area contributed by atoms with Crippen LogP contribution in [0.15, 0.2) is 6.33 Å². The molecule has 1 aromatic heterocycles. The van der Waals surface area contributed by atoms with E-state index in [0.717, 1.165) is 44.7 Å². The summed E-state index contributed by atoms with van der Waals surface area (Å²) in [5.41, 5.74) is 0. The molecule has 0 spiro atoms. The number of carbonyl (C=O) groups is 1. The molecule has 0 bridgehead atoms. The molecule has 1 amide bonds. The lowest BCUT2D eigenvalue weighted by atomic mass is 9.96. The van der Waals surface area contributed by atoms with Gasteiger partial charge in [-0.1, -0.05) is 6.42 Å². The number of likely N-dealkylation sites (tertiary alicyclic amines) is 2. The highest BCUT2D eigenvalue weighted by atomic mass is 16.2. The van der Waals surface area contributed by atoms with Crippen molar-refractivity contribution in [3.8, 4) is 0 Å². The lowest BCUT2D eigenvalue weighted by Gasteiger charge is -2.31. The lowest BCUT2D eigenvalue weighted by molar-refractivity contribution is -0.132. The Kier molecular flexibility index (Phi) is 5.43. The average Bonchev–Trinajstić information content (AvgIpc) is 3.10. The first-order chi connectivity index (χ1) is 10.8. The zero-order valence-corrected chi connectivity index (χ0v) is 13.3. The number of hydrogen-bond donors (Lipinski definition) is 1. The van der Waals surface area contributed by atoms with Gasteiger partial charge in [-0.05, 0) is 51.7 Å². The van der Waals surface area contributed by atoms with Gasteiger partial charge in [-0.2, -0.15) is 5.10 Å². The molecule has 0 saturated carbocycles. The SMILES string of the molecule is O=C(CCCN1CCCCC1)N1CCC(c2ncn[nH]2)CC1. The predicted octanol–water partition coefficient (Wildman–Crippen LogP) is 1.78. The molecule has 6 heteroatoms. The molecular formula is C16H27N5O. The van der Waals surface area contributed by atoms with Gasteiger partial charge in [-0.3, -0.25) is 9.89 Å². The van der Waals surface area contributed by atoms with Crippen LogP contribution in [0.2, 0.25) is 0 Å². The Morgan fingerprint density at radius 1 is 1.18 bits per heavy atom. The molecule has 0 aromatic carbocycles. The van der Waals surface area contributed by atoms with Gasteiger partial charge in [0.2, 0.25) is 5.91 Å². The molecule has 2 aliphatic heterocycles. The molecule has 22 heavy (non-hydrogen) atoms. The Balaban J connectivity index is 1.35. The highest BCUT2D eigenvalue weighted by molar-refractivity contribution is 5.76. The standard InChI is InChI=1S/C16H27N5O/c22-15(5-4-10-20-8-2-1-3-9-20)21-11-6-14(7-12-21)16-17-13-18-19-16/h13-14H,1-12H2,(H,17,18,19). The number of H-pyrrole nitrogens is 1. The minimum Gasteiger partial charge on any atom is -0.343 e. The first-order valence-corrected chi connectivity index (χ1v) is 8.68. The number of nitrogens with one attached hydrogen (secondary N) is 1. The van der Waals surface area contributed by atoms with Gasteiger partial charge in [0.25, 0.3) is 0 Å². The van der Waals surface area contributed by atoms with E-state index in [-0.39, 0.29) is 0 Å². The van der Waals surface area contributed by atoms with E-state index in [9.17, 15) is 4.79 Å². The molecule has 6 nitrogen and oxygen atoms in total. The molecule has 2 fully saturated rings. The van der Waals surface area contributed by atoms with E-state index < -0.39 is 0 Å². The Morgan fingerprint density at radius 2 is 1.95 bits per heavy atom. The predicted molar refractivity (Wildman–Crippen MR) is 84.5 cm³/mol. The third-order valence-electron chi connectivity index (χ3n) is 4.98. The topological polar surface area (TPSA) is 65.1 Å². The van der Waals surface area contributed by atoms with Crippen molar-refractivity contribution >= 4 is 5.91 Å². The van der Waals surface area contributed by atoms with Crippen molar-refractivity contribution in [2.75, 3.05) is 32.7 Å². The van der Waals surface area contributed by atoms with Crippen LogP contribution in [0.25, 0.3) is 0 Å². The zero-order chi connectivity index (χ0) is 15.2. The molecule has 1 aromatic rings. The average molecular weight is 305 g/mol. The quantitative estimate of drug-likeness (QED) is 0.900. The van der Waals surface area contributed by atoms with E-state index in [1.807, 2.05) is 4.90 Å². The third kappa shape index (κ3) is 4.06. The molecule has 2 saturated heterocycles. The number of aromatic nitrogens is 3. The smallest absolute Gasteiger partial charge is 0.222 e. The summed E-state index contributed by atoms with van der Waals surface area (Å²) in [6, 6.07) is 0. The van der Waals surface area contributed by atoms with Crippen molar-refractivity contribution in [3.63, 3.8) is 0 Å². The van der Waals surface area contributed by atoms with Crippen molar-refractivity contribution in [2.24, 2.45) is 0 Å². The Hall–Kier alpha value is -1.43. The molecule has 3 rings (SSSR count). The summed E-state index contributed by atoms with van der Waals surface area (Å²) in [6.45, 7) is 5.23. The van der Waals surface area contributed by atoms with E-state index in [1.54, 1.807) is 6.33 Å². The Bertz CT molecular complexity index is 447. The molecule has 0 radical (unpaired) electrons. The van der Waals surface area contributed by atoms with E-state index in [4.69, 9.17) is 0 Å². The largest absolute Gasteiger partial charge is 0.343 e. The summed E-state index contributed by atoms with van der Waals surface area (Å²) < 4.78 is 0. The van der Waals surface area contributed by atoms with Gasteiger partial charge >= 0.3 is 0 Å². The number of aromatic amines is 1. The van der Waals surface area contributed by atoms with Gasteiger partial charge in [-0.25, -0.2) is 4.98 Å². The van der Waals surface area contributed by atoms with E-state index in [0.29, 0.717) is 18.2 Å². The maximum absolute atomic E-state index is 12.3. The first-order valence-electron chi connectivity index (χ1n) is 8.68. The number of amides is 1. The molecule has 122 valence electrons. The normalized spacial score (nSPS) is 21.2. The Morgan fingerprint density at radius 3 is 2.64 bits per heavy atom. The second kappa shape index (κ2) is 7.72. The number of carbonyl (C=O) groups excluding carboxylic acids is 1. The summed E-state index contributed by atoms with van der Waals surface area (Å²) in [6.07, 6.45) is 9.26. The summed E-state index contributed by atoms with van der Waals surface area (Å²) in [5, 5.41) is 6.87.